The number of rotatable bonds is 3. The second-order valence-electron chi connectivity index (χ2n) is 5.95. The topological polar surface area (TPSA) is 75.2 Å². The third kappa shape index (κ3) is 4.56. The molecule has 0 saturated carbocycles. The Morgan fingerprint density at radius 1 is 1.19 bits per heavy atom. The van der Waals surface area contributed by atoms with Crippen LogP contribution >= 0.6 is 22.9 Å². The lowest BCUT2D eigenvalue weighted by Crippen LogP contribution is -2.41. The van der Waals surface area contributed by atoms with E-state index in [2.05, 4.69) is 15.5 Å². The number of anilines is 1. The molecular weight excluding hydrogens is 405 g/mol. The quantitative estimate of drug-likeness (QED) is 0.824. The molecule has 11 heteroatoms. The highest BCUT2D eigenvalue weighted by Crippen LogP contribution is 2.33. The Morgan fingerprint density at radius 2 is 1.85 bits per heavy atom. The van der Waals surface area contributed by atoms with Gasteiger partial charge in [-0.05, 0) is 25.0 Å². The van der Waals surface area contributed by atoms with Crippen LogP contribution in [0.3, 0.4) is 0 Å². The lowest BCUT2D eigenvalue weighted by molar-refractivity contribution is -0.138. The van der Waals surface area contributed by atoms with Crippen molar-refractivity contribution in [1.29, 1.82) is 0 Å². The van der Waals surface area contributed by atoms with E-state index >= 15 is 0 Å². The van der Waals surface area contributed by atoms with Crippen molar-refractivity contribution in [2.24, 2.45) is 5.92 Å². The number of aromatic nitrogens is 2. The molecule has 0 spiro atoms. The molecule has 1 aliphatic heterocycles. The number of hydrogen-bond donors (Lipinski definition) is 1. The predicted octanol–water partition coefficient (Wildman–Crippen LogP) is 3.70. The van der Waals surface area contributed by atoms with Crippen LogP contribution in [0.25, 0.3) is 0 Å². The van der Waals surface area contributed by atoms with E-state index in [-0.39, 0.29) is 22.4 Å². The van der Waals surface area contributed by atoms with Gasteiger partial charge in [-0.3, -0.25) is 9.59 Å². The van der Waals surface area contributed by atoms with Crippen LogP contribution < -0.4 is 5.32 Å². The normalized spacial score (nSPS) is 15.6. The molecule has 2 heterocycles. The highest BCUT2D eigenvalue weighted by Gasteiger charge is 2.36. The average Bonchev–Trinajstić information content (AvgIpc) is 3.10. The Kier molecular flexibility index (Phi) is 5.66. The molecule has 2 amide bonds. The summed E-state index contributed by atoms with van der Waals surface area (Å²) in [4.78, 5) is 26.4. The van der Waals surface area contributed by atoms with E-state index in [9.17, 15) is 22.8 Å². The maximum absolute atomic E-state index is 12.5. The molecule has 0 radical (unpaired) electrons. The summed E-state index contributed by atoms with van der Waals surface area (Å²) in [5.41, 5.74) is 0.399. The third-order valence-corrected chi connectivity index (χ3v) is 5.37. The Balaban J connectivity index is 1.56. The van der Waals surface area contributed by atoms with Crippen LogP contribution in [0.4, 0.5) is 18.3 Å². The number of nitrogens with zero attached hydrogens (tertiary/aromatic N) is 3. The summed E-state index contributed by atoms with van der Waals surface area (Å²) < 4.78 is 37.6. The fourth-order valence-electron chi connectivity index (χ4n) is 2.75. The monoisotopic (exact) mass is 418 g/mol. The summed E-state index contributed by atoms with van der Waals surface area (Å²) >= 11 is 6.32. The molecule has 2 aromatic rings. The van der Waals surface area contributed by atoms with Crippen molar-refractivity contribution in [3.05, 3.63) is 39.9 Å². The molecule has 0 aliphatic carbocycles. The summed E-state index contributed by atoms with van der Waals surface area (Å²) in [6.07, 6.45) is -3.80. The smallest absolute Gasteiger partial charge is 0.339 e. The van der Waals surface area contributed by atoms with Crippen molar-refractivity contribution in [2.45, 2.75) is 19.0 Å². The first-order valence-corrected chi connectivity index (χ1v) is 9.20. The molecule has 1 aromatic heterocycles. The highest BCUT2D eigenvalue weighted by molar-refractivity contribution is 7.15. The van der Waals surface area contributed by atoms with E-state index in [4.69, 9.17) is 11.6 Å². The van der Waals surface area contributed by atoms with Crippen LogP contribution in [0.2, 0.25) is 5.02 Å². The molecule has 0 unspecified atom stereocenters. The van der Waals surface area contributed by atoms with Crippen molar-refractivity contribution in [3.63, 3.8) is 0 Å². The number of carbonyl (C=O) groups excluding carboxylic acids is 2. The van der Waals surface area contributed by atoms with Crippen LogP contribution in [0, 0.1) is 5.92 Å². The lowest BCUT2D eigenvalue weighted by atomic mass is 9.95. The van der Waals surface area contributed by atoms with Crippen molar-refractivity contribution in [1.82, 2.24) is 15.1 Å². The van der Waals surface area contributed by atoms with E-state index in [0.717, 1.165) is 0 Å². The van der Waals surface area contributed by atoms with Crippen molar-refractivity contribution in [2.75, 3.05) is 18.4 Å². The first-order valence-electron chi connectivity index (χ1n) is 8.01. The van der Waals surface area contributed by atoms with Crippen LogP contribution in [0.15, 0.2) is 24.3 Å². The SMILES string of the molecule is O=C(Nc1nnc(C(F)(F)F)s1)C1CCN(C(=O)c2ccccc2Cl)CC1. The zero-order chi connectivity index (χ0) is 19.6. The predicted molar refractivity (Wildman–Crippen MR) is 93.6 cm³/mol. The molecule has 1 fully saturated rings. The van der Waals surface area contributed by atoms with Gasteiger partial charge in [0.2, 0.25) is 16.0 Å². The molecular formula is C16H14ClF3N4O2S. The van der Waals surface area contributed by atoms with Gasteiger partial charge in [0.25, 0.3) is 5.91 Å². The molecule has 27 heavy (non-hydrogen) atoms. The first-order chi connectivity index (χ1) is 12.8. The Labute approximate surface area is 161 Å². The number of benzene rings is 1. The number of alkyl halides is 3. The standard InChI is InChI=1S/C16H14ClF3N4O2S/c17-11-4-2-1-3-10(11)13(26)24-7-5-9(6-8-24)12(25)21-15-23-22-14(27-15)16(18,19)20/h1-4,9H,5-8H2,(H,21,23,25). The second kappa shape index (κ2) is 7.81. The lowest BCUT2D eigenvalue weighted by Gasteiger charge is -2.31. The minimum Gasteiger partial charge on any atom is -0.339 e. The third-order valence-electron chi connectivity index (χ3n) is 4.15. The summed E-state index contributed by atoms with van der Waals surface area (Å²) in [5, 5.41) is 7.80. The first kappa shape index (κ1) is 19.6. The molecule has 6 nitrogen and oxygen atoms in total. The van der Waals surface area contributed by atoms with Crippen LogP contribution in [0.1, 0.15) is 28.2 Å². The van der Waals surface area contributed by atoms with Gasteiger partial charge in [-0.1, -0.05) is 35.1 Å². The fourth-order valence-corrected chi connectivity index (χ4v) is 3.58. The summed E-state index contributed by atoms with van der Waals surface area (Å²) in [6, 6.07) is 6.72. The molecule has 1 saturated heterocycles. The number of halogens is 4. The van der Waals surface area contributed by atoms with Gasteiger partial charge in [0, 0.05) is 19.0 Å². The Bertz CT molecular complexity index is 850. The number of amides is 2. The van der Waals surface area contributed by atoms with Crippen molar-refractivity contribution in [3.8, 4) is 0 Å². The van der Waals surface area contributed by atoms with Crippen LogP contribution in [0.5, 0.6) is 0 Å². The number of nitrogens with one attached hydrogen (secondary N) is 1. The molecule has 144 valence electrons. The van der Waals surface area contributed by atoms with Crippen molar-refractivity contribution < 1.29 is 22.8 Å². The Morgan fingerprint density at radius 3 is 2.44 bits per heavy atom. The maximum atomic E-state index is 12.5. The molecule has 0 bridgehead atoms. The molecule has 1 aromatic carbocycles. The number of carbonyl (C=O) groups is 2. The largest absolute Gasteiger partial charge is 0.445 e. The zero-order valence-electron chi connectivity index (χ0n) is 13.8. The zero-order valence-corrected chi connectivity index (χ0v) is 15.4. The van der Waals surface area contributed by atoms with Gasteiger partial charge in [0.05, 0.1) is 10.6 Å². The van der Waals surface area contributed by atoms with Gasteiger partial charge in [0.15, 0.2) is 0 Å². The van der Waals surface area contributed by atoms with Gasteiger partial charge in [-0.15, -0.1) is 10.2 Å². The second-order valence-corrected chi connectivity index (χ2v) is 7.33. The number of piperidine rings is 1. The molecule has 1 N–H and O–H groups in total. The van der Waals surface area contributed by atoms with Crippen molar-refractivity contribution >= 4 is 39.9 Å². The van der Waals surface area contributed by atoms with E-state index < -0.39 is 23.0 Å². The summed E-state index contributed by atoms with van der Waals surface area (Å²) in [5.74, 6) is -1.05. The van der Waals surface area contributed by atoms with Gasteiger partial charge in [-0.2, -0.15) is 13.2 Å². The minimum absolute atomic E-state index is 0.193. The number of hydrogen-bond acceptors (Lipinski definition) is 5. The summed E-state index contributed by atoms with van der Waals surface area (Å²) in [7, 11) is 0. The maximum Gasteiger partial charge on any atom is 0.445 e. The minimum atomic E-state index is -4.59. The summed E-state index contributed by atoms with van der Waals surface area (Å²) in [6.45, 7) is 0.706. The fraction of sp³-hybridized carbons (Fsp3) is 0.375. The van der Waals surface area contributed by atoms with Gasteiger partial charge in [-0.25, -0.2) is 0 Å². The average molecular weight is 419 g/mol. The van der Waals surface area contributed by atoms with E-state index in [0.29, 0.717) is 36.5 Å². The highest BCUT2D eigenvalue weighted by atomic mass is 35.5. The molecule has 0 atom stereocenters. The van der Waals surface area contributed by atoms with Crippen LogP contribution in [-0.2, 0) is 11.0 Å². The molecule has 1 aliphatic rings. The molecule has 3 rings (SSSR count). The van der Waals surface area contributed by atoms with Gasteiger partial charge >= 0.3 is 6.18 Å². The Hall–Kier alpha value is -2.20. The van der Waals surface area contributed by atoms with Gasteiger partial charge in [0.1, 0.15) is 0 Å². The van der Waals surface area contributed by atoms with Gasteiger partial charge < -0.3 is 10.2 Å². The van der Waals surface area contributed by atoms with Crippen LogP contribution in [-0.4, -0.2) is 40.0 Å². The van der Waals surface area contributed by atoms with E-state index in [1.54, 1.807) is 29.2 Å². The number of likely N-dealkylation sites (tertiary alicyclic amines) is 1. The van der Waals surface area contributed by atoms with E-state index in [1.807, 2.05) is 0 Å². The van der Waals surface area contributed by atoms with E-state index in [1.165, 1.54) is 0 Å².